The lowest BCUT2D eigenvalue weighted by atomic mass is 9.87. The van der Waals surface area contributed by atoms with Crippen LogP contribution in [0.5, 0.6) is 0 Å². The van der Waals surface area contributed by atoms with Gasteiger partial charge in [-0.3, -0.25) is 0 Å². The molecule has 1 atom stereocenters. The Morgan fingerprint density at radius 3 is 1.88 bits per heavy atom. The van der Waals surface area contributed by atoms with Crippen LogP contribution in [-0.4, -0.2) is 9.97 Å². The van der Waals surface area contributed by atoms with Crippen LogP contribution in [0.3, 0.4) is 0 Å². The Morgan fingerprint density at radius 2 is 1.03 bits per heavy atom. The summed E-state index contributed by atoms with van der Waals surface area (Å²) in [6.45, 7) is 0. The predicted molar refractivity (Wildman–Crippen MR) is 239 cm³/mol. The Labute approximate surface area is 335 Å². The maximum absolute atomic E-state index is 6.63. The highest BCUT2D eigenvalue weighted by Crippen LogP contribution is 2.49. The molecule has 9 aromatic carbocycles. The van der Waals surface area contributed by atoms with E-state index in [-0.39, 0.29) is 5.92 Å². The van der Waals surface area contributed by atoms with Gasteiger partial charge in [0.15, 0.2) is 5.82 Å². The number of hydrogen-bond acceptors (Lipinski definition) is 3. The molecule has 2 heterocycles. The van der Waals surface area contributed by atoms with E-state index in [1.807, 2.05) is 18.2 Å². The number of nitrogens with zero attached hydrogens (tertiary/aromatic N) is 2. The average Bonchev–Trinajstić information content (AvgIpc) is 3.83. The molecule has 0 N–H and O–H groups in total. The number of fused-ring (bicyclic) bond motifs is 8. The molecule has 1 aliphatic rings. The zero-order valence-electron chi connectivity index (χ0n) is 31.4. The fourth-order valence-corrected chi connectivity index (χ4v) is 9.14. The largest absolute Gasteiger partial charge is 0.456 e. The van der Waals surface area contributed by atoms with E-state index in [0.29, 0.717) is 5.82 Å². The Bertz CT molecular complexity index is 3400. The van der Waals surface area contributed by atoms with Crippen LogP contribution in [0.2, 0.25) is 0 Å². The van der Waals surface area contributed by atoms with Crippen LogP contribution in [0.15, 0.2) is 205 Å². The van der Waals surface area contributed by atoms with Crippen molar-refractivity contribution in [3.8, 4) is 56.2 Å². The maximum Gasteiger partial charge on any atom is 0.160 e. The molecular weight excluding hydrogens is 705 g/mol. The molecule has 1 unspecified atom stereocenters. The lowest BCUT2D eigenvalue weighted by Gasteiger charge is -2.16. The lowest BCUT2D eigenvalue weighted by molar-refractivity contribution is 0.669. The first kappa shape index (κ1) is 32.6. The van der Waals surface area contributed by atoms with Crippen LogP contribution in [0.25, 0.3) is 99.6 Å². The highest BCUT2D eigenvalue weighted by molar-refractivity contribution is 6.13. The summed E-state index contributed by atoms with van der Waals surface area (Å²) in [6, 6.07) is 71.6. The molecule has 3 nitrogen and oxygen atoms in total. The second-order valence-electron chi connectivity index (χ2n) is 15.3. The van der Waals surface area contributed by atoms with E-state index in [0.717, 1.165) is 61.1 Å². The van der Waals surface area contributed by atoms with E-state index >= 15 is 0 Å². The van der Waals surface area contributed by atoms with Crippen molar-refractivity contribution >= 4 is 43.5 Å². The van der Waals surface area contributed by atoms with Crippen molar-refractivity contribution in [3.63, 3.8) is 0 Å². The van der Waals surface area contributed by atoms with Crippen LogP contribution >= 0.6 is 0 Å². The minimum atomic E-state index is 0.187. The van der Waals surface area contributed by atoms with E-state index in [1.54, 1.807) is 0 Å². The molecule has 0 amide bonds. The molecule has 1 aliphatic carbocycles. The molecule has 0 bridgehead atoms. The minimum Gasteiger partial charge on any atom is -0.456 e. The van der Waals surface area contributed by atoms with E-state index in [9.17, 15) is 0 Å². The monoisotopic (exact) mass is 738 g/mol. The molecule has 3 heteroatoms. The Hall–Kier alpha value is -7.62. The second kappa shape index (κ2) is 13.0. The summed E-state index contributed by atoms with van der Waals surface area (Å²) in [5.41, 5.74) is 15.4. The first-order valence-corrected chi connectivity index (χ1v) is 19.8. The Morgan fingerprint density at radius 1 is 0.362 bits per heavy atom. The van der Waals surface area contributed by atoms with Gasteiger partial charge in [-0.2, -0.15) is 0 Å². The number of rotatable bonds is 5. The van der Waals surface area contributed by atoms with Crippen LogP contribution in [0, 0.1) is 0 Å². The van der Waals surface area contributed by atoms with E-state index in [2.05, 4.69) is 182 Å². The summed E-state index contributed by atoms with van der Waals surface area (Å²) >= 11 is 0. The number of aromatic nitrogens is 2. The SMILES string of the molecule is c1ccc(-c2nc(-c3ccc4ccccc4c3)cc(-c3cccc4oc5cc(-c6ccc(C7c8ccccc8-c8cc9ccccc9cc87)cc6)ccc5c34)n2)cc1. The number of hydrogen-bond donors (Lipinski definition) is 0. The Kier molecular flexibility index (Phi) is 7.29. The normalized spacial score (nSPS) is 13.3. The van der Waals surface area contributed by atoms with Crippen molar-refractivity contribution in [1.29, 1.82) is 0 Å². The van der Waals surface area contributed by atoms with Gasteiger partial charge in [0.2, 0.25) is 0 Å². The van der Waals surface area contributed by atoms with Gasteiger partial charge in [-0.05, 0) is 103 Å². The summed E-state index contributed by atoms with van der Waals surface area (Å²) in [7, 11) is 0. The van der Waals surface area contributed by atoms with Crippen LogP contribution in [0.1, 0.15) is 22.6 Å². The first-order chi connectivity index (χ1) is 28.7. The molecule has 58 heavy (non-hydrogen) atoms. The number of benzene rings is 9. The van der Waals surface area contributed by atoms with Gasteiger partial charge in [-0.1, -0.05) is 158 Å². The molecular formula is C55H34N2O. The van der Waals surface area contributed by atoms with Gasteiger partial charge in [0.05, 0.1) is 11.4 Å². The van der Waals surface area contributed by atoms with Crippen LogP contribution < -0.4 is 0 Å². The van der Waals surface area contributed by atoms with Gasteiger partial charge in [-0.25, -0.2) is 9.97 Å². The van der Waals surface area contributed by atoms with Gasteiger partial charge in [0, 0.05) is 33.4 Å². The van der Waals surface area contributed by atoms with Gasteiger partial charge in [0.25, 0.3) is 0 Å². The van der Waals surface area contributed by atoms with E-state index in [1.165, 1.54) is 49.4 Å². The predicted octanol–water partition coefficient (Wildman–Crippen LogP) is 14.5. The third-order valence-corrected chi connectivity index (χ3v) is 11.9. The molecule has 0 spiro atoms. The molecule has 0 radical (unpaired) electrons. The van der Waals surface area contributed by atoms with Crippen LogP contribution in [-0.2, 0) is 0 Å². The topological polar surface area (TPSA) is 38.9 Å². The van der Waals surface area contributed by atoms with E-state index < -0.39 is 0 Å². The van der Waals surface area contributed by atoms with Gasteiger partial charge >= 0.3 is 0 Å². The van der Waals surface area contributed by atoms with Crippen molar-refractivity contribution in [3.05, 3.63) is 217 Å². The maximum atomic E-state index is 6.63. The molecule has 0 saturated carbocycles. The summed E-state index contributed by atoms with van der Waals surface area (Å²) < 4.78 is 6.63. The quantitative estimate of drug-likeness (QED) is 0.176. The fraction of sp³-hybridized carbons (Fsp3) is 0.0182. The molecule has 2 aromatic heterocycles. The van der Waals surface area contributed by atoms with Gasteiger partial charge in [0.1, 0.15) is 11.2 Å². The zero-order valence-corrected chi connectivity index (χ0v) is 31.4. The van der Waals surface area contributed by atoms with Gasteiger partial charge < -0.3 is 4.42 Å². The third kappa shape index (κ3) is 5.28. The smallest absolute Gasteiger partial charge is 0.160 e. The fourth-order valence-electron chi connectivity index (χ4n) is 9.14. The highest BCUT2D eigenvalue weighted by atomic mass is 16.3. The summed E-state index contributed by atoms with van der Waals surface area (Å²) in [5, 5.41) is 7.04. The molecule has 11 aromatic rings. The highest BCUT2D eigenvalue weighted by Gasteiger charge is 2.30. The van der Waals surface area contributed by atoms with Crippen molar-refractivity contribution < 1.29 is 4.42 Å². The number of furan rings is 1. The molecule has 12 rings (SSSR count). The molecule has 270 valence electrons. The summed E-state index contributed by atoms with van der Waals surface area (Å²) in [5.74, 6) is 0.877. The second-order valence-corrected chi connectivity index (χ2v) is 15.3. The molecule has 0 aliphatic heterocycles. The molecule has 0 saturated heterocycles. The minimum absolute atomic E-state index is 0.187. The first-order valence-electron chi connectivity index (χ1n) is 19.8. The summed E-state index contributed by atoms with van der Waals surface area (Å²) in [6.07, 6.45) is 0. The van der Waals surface area contributed by atoms with Crippen LogP contribution in [0.4, 0.5) is 0 Å². The molecule has 0 fully saturated rings. The zero-order chi connectivity index (χ0) is 38.2. The Balaban J connectivity index is 0.939. The standard InChI is InChI=1S/C55H34N2O/c1-2-12-37(13-3-1)55-56-49(42-26-23-34-11-4-5-14-38(34)29-42)33-50(57-55)45-19-10-20-51-54(45)46-28-27-41(32-52(46)58-51)35-21-24-36(25-22-35)53-44-18-9-8-17-43(44)47-30-39-15-6-7-16-40(39)31-48(47)53/h1-33,53H. The van der Waals surface area contributed by atoms with Crippen molar-refractivity contribution in [2.75, 3.05) is 0 Å². The van der Waals surface area contributed by atoms with Gasteiger partial charge in [-0.15, -0.1) is 0 Å². The van der Waals surface area contributed by atoms with Crippen molar-refractivity contribution in [1.82, 2.24) is 9.97 Å². The van der Waals surface area contributed by atoms with Crippen molar-refractivity contribution in [2.24, 2.45) is 0 Å². The third-order valence-electron chi connectivity index (χ3n) is 11.9. The average molecular weight is 739 g/mol. The summed E-state index contributed by atoms with van der Waals surface area (Å²) in [4.78, 5) is 10.3. The van der Waals surface area contributed by atoms with Crippen molar-refractivity contribution in [2.45, 2.75) is 5.92 Å². The van der Waals surface area contributed by atoms with E-state index in [4.69, 9.17) is 14.4 Å². The lowest BCUT2D eigenvalue weighted by Crippen LogP contribution is -1.99.